The van der Waals surface area contributed by atoms with E-state index in [-0.39, 0.29) is 17.4 Å². The van der Waals surface area contributed by atoms with Gasteiger partial charge in [-0.3, -0.25) is 9.94 Å². The molecule has 29 heavy (non-hydrogen) atoms. The van der Waals surface area contributed by atoms with Crippen molar-refractivity contribution in [3.8, 4) is 0 Å². The Kier molecular flexibility index (Phi) is 5.73. The lowest BCUT2D eigenvalue weighted by molar-refractivity contribution is -0.0182. The zero-order chi connectivity index (χ0) is 20.6. The van der Waals surface area contributed by atoms with Crippen LogP contribution in [0.25, 0.3) is 10.9 Å². The van der Waals surface area contributed by atoms with Crippen molar-refractivity contribution in [2.45, 2.75) is 45.6 Å². The first kappa shape index (κ1) is 20.4. The smallest absolute Gasteiger partial charge is 0.341 e. The summed E-state index contributed by atoms with van der Waals surface area (Å²) >= 11 is 6.26. The lowest BCUT2D eigenvalue weighted by Gasteiger charge is -2.43. The monoisotopic (exact) mass is 420 g/mol. The zero-order valence-corrected chi connectivity index (χ0v) is 17.7. The number of hydrogen-bond acceptors (Lipinski definition) is 4. The van der Waals surface area contributed by atoms with Gasteiger partial charge < -0.3 is 10.0 Å². The van der Waals surface area contributed by atoms with E-state index in [2.05, 4.69) is 29.5 Å². The summed E-state index contributed by atoms with van der Waals surface area (Å²) in [6, 6.07) is 3.48. The second kappa shape index (κ2) is 8.13. The second-order valence-electron chi connectivity index (χ2n) is 8.98. The molecule has 2 fully saturated rings. The largest absolute Gasteiger partial charge is 0.388 e. The molecular formula is C21H29ClN4O3. The van der Waals surface area contributed by atoms with E-state index in [1.54, 1.807) is 11.1 Å². The summed E-state index contributed by atoms with van der Waals surface area (Å²) in [6.07, 6.45) is 5.05. The third-order valence-electron chi connectivity index (χ3n) is 6.55. The van der Waals surface area contributed by atoms with Gasteiger partial charge in [0.1, 0.15) is 0 Å². The van der Waals surface area contributed by atoms with Crippen molar-refractivity contribution < 1.29 is 14.7 Å². The fourth-order valence-corrected chi connectivity index (χ4v) is 4.52. The van der Waals surface area contributed by atoms with Crippen molar-refractivity contribution >= 4 is 28.5 Å². The number of aromatic nitrogens is 2. The molecule has 1 atom stereocenters. The van der Waals surface area contributed by atoms with E-state index < -0.39 is 6.10 Å². The minimum Gasteiger partial charge on any atom is -0.388 e. The van der Waals surface area contributed by atoms with E-state index in [4.69, 9.17) is 16.4 Å². The molecule has 0 spiro atoms. The van der Waals surface area contributed by atoms with E-state index in [1.165, 1.54) is 12.8 Å². The summed E-state index contributed by atoms with van der Waals surface area (Å²) in [5, 5.41) is 19.8. The van der Waals surface area contributed by atoms with Crippen molar-refractivity contribution in [3.63, 3.8) is 0 Å². The highest BCUT2D eigenvalue weighted by molar-refractivity contribution is 6.31. The summed E-state index contributed by atoms with van der Waals surface area (Å²) in [6.45, 7) is 6.06. The fourth-order valence-electron chi connectivity index (χ4n) is 4.28. The van der Waals surface area contributed by atoms with Crippen LogP contribution in [0.3, 0.4) is 0 Å². The normalized spacial score (nSPS) is 19.5. The summed E-state index contributed by atoms with van der Waals surface area (Å²) in [5.41, 5.74) is 3.77. The number of carbonyl (C=O) groups is 1. The van der Waals surface area contributed by atoms with Gasteiger partial charge in [0.05, 0.1) is 24.4 Å². The van der Waals surface area contributed by atoms with Crippen LogP contribution in [0.15, 0.2) is 18.3 Å². The van der Waals surface area contributed by atoms with Crippen LogP contribution in [0.1, 0.15) is 51.2 Å². The Morgan fingerprint density at radius 1 is 1.38 bits per heavy atom. The van der Waals surface area contributed by atoms with Gasteiger partial charge >= 0.3 is 6.03 Å². The molecule has 3 N–H and O–H groups in total. The first-order chi connectivity index (χ1) is 13.9. The number of aliphatic hydroxyl groups excluding tert-OH is 1. The van der Waals surface area contributed by atoms with Crippen LogP contribution >= 0.6 is 11.6 Å². The van der Waals surface area contributed by atoms with Gasteiger partial charge in [0.15, 0.2) is 0 Å². The molecule has 0 radical (unpaired) electrons. The van der Waals surface area contributed by atoms with Crippen molar-refractivity contribution in [1.82, 2.24) is 20.6 Å². The highest BCUT2D eigenvalue weighted by Gasteiger charge is 2.40. The predicted octanol–water partition coefficient (Wildman–Crippen LogP) is 4.04. The molecule has 1 aliphatic carbocycles. The van der Waals surface area contributed by atoms with Gasteiger partial charge in [-0.05, 0) is 55.1 Å². The van der Waals surface area contributed by atoms with Gasteiger partial charge in [-0.1, -0.05) is 25.4 Å². The van der Waals surface area contributed by atoms with Crippen LogP contribution in [0.5, 0.6) is 0 Å². The van der Waals surface area contributed by atoms with Gasteiger partial charge in [0, 0.05) is 29.1 Å². The SMILES string of the molecule is CC(C)(C1CCN(C(=O)NOCC2CC2)CC1)C(O)c1cc(Cl)cc2cn[nH]c12. The molecule has 1 aromatic heterocycles. The Morgan fingerprint density at radius 3 is 2.79 bits per heavy atom. The number of likely N-dealkylation sites (tertiary alicyclic amines) is 1. The van der Waals surface area contributed by atoms with Gasteiger partial charge in [-0.2, -0.15) is 5.10 Å². The average Bonchev–Trinajstić information content (AvgIpc) is 3.41. The van der Waals surface area contributed by atoms with E-state index >= 15 is 0 Å². The number of H-pyrrole nitrogens is 1. The van der Waals surface area contributed by atoms with Crippen molar-refractivity contribution in [3.05, 3.63) is 28.9 Å². The molecular weight excluding hydrogens is 392 g/mol. The number of aromatic amines is 1. The maximum absolute atomic E-state index is 12.3. The molecule has 2 amide bonds. The predicted molar refractivity (Wildman–Crippen MR) is 111 cm³/mol. The lowest BCUT2D eigenvalue weighted by Crippen LogP contribution is -2.47. The Balaban J connectivity index is 1.38. The topological polar surface area (TPSA) is 90.5 Å². The van der Waals surface area contributed by atoms with Crippen LogP contribution in [0.2, 0.25) is 5.02 Å². The number of nitrogens with zero attached hydrogens (tertiary/aromatic N) is 2. The number of carbonyl (C=O) groups excluding carboxylic acids is 1. The number of amides is 2. The molecule has 1 aliphatic heterocycles. The molecule has 1 unspecified atom stereocenters. The number of urea groups is 1. The molecule has 1 aromatic carbocycles. The molecule has 8 heteroatoms. The molecule has 4 rings (SSSR count). The van der Waals surface area contributed by atoms with Gasteiger partial charge in [-0.25, -0.2) is 10.3 Å². The number of hydrogen-bond donors (Lipinski definition) is 3. The number of rotatable bonds is 6. The number of piperidine rings is 1. The number of fused-ring (bicyclic) bond motifs is 1. The molecule has 1 saturated carbocycles. The number of benzene rings is 1. The first-order valence-corrected chi connectivity index (χ1v) is 10.7. The fraction of sp³-hybridized carbons (Fsp3) is 0.619. The Labute approximate surface area is 175 Å². The Hall–Kier alpha value is -1.83. The number of nitrogens with one attached hydrogen (secondary N) is 2. The molecule has 2 aliphatic rings. The van der Waals surface area contributed by atoms with Crippen LogP contribution in [-0.2, 0) is 4.84 Å². The number of aliphatic hydroxyl groups is 1. The van der Waals surface area contributed by atoms with Crippen LogP contribution in [0.4, 0.5) is 4.79 Å². The van der Waals surface area contributed by atoms with Crippen LogP contribution in [-0.4, -0.2) is 45.9 Å². The molecule has 1 saturated heterocycles. The first-order valence-electron chi connectivity index (χ1n) is 10.3. The minimum atomic E-state index is -0.698. The molecule has 2 heterocycles. The van der Waals surface area contributed by atoms with Crippen molar-refractivity contribution in [1.29, 1.82) is 0 Å². The highest BCUT2D eigenvalue weighted by Crippen LogP contribution is 2.46. The zero-order valence-electron chi connectivity index (χ0n) is 16.9. The van der Waals surface area contributed by atoms with E-state index in [1.807, 2.05) is 12.1 Å². The van der Waals surface area contributed by atoms with Crippen LogP contribution in [0, 0.1) is 17.3 Å². The maximum Gasteiger partial charge on any atom is 0.341 e. The summed E-state index contributed by atoms with van der Waals surface area (Å²) in [7, 11) is 0. The molecule has 7 nitrogen and oxygen atoms in total. The van der Waals surface area contributed by atoms with Gasteiger partial charge in [-0.15, -0.1) is 0 Å². The lowest BCUT2D eigenvalue weighted by atomic mass is 9.68. The Bertz CT molecular complexity index is 872. The average molecular weight is 421 g/mol. The van der Waals surface area contributed by atoms with E-state index in [9.17, 15) is 9.90 Å². The van der Waals surface area contributed by atoms with Gasteiger partial charge in [0.2, 0.25) is 0 Å². The molecule has 158 valence electrons. The van der Waals surface area contributed by atoms with Crippen molar-refractivity contribution in [2.24, 2.45) is 17.3 Å². The standard InChI is InChI=1S/C21H29ClN4O3/c1-21(2,19(27)17-10-16(22)9-14-11-23-24-18(14)17)15-5-7-26(8-6-15)20(28)25-29-12-13-3-4-13/h9-11,13,15,19,27H,3-8,12H2,1-2H3,(H,23,24)(H,25,28). The van der Waals surface area contributed by atoms with E-state index in [0.717, 1.165) is 29.3 Å². The molecule has 2 aromatic rings. The summed E-state index contributed by atoms with van der Waals surface area (Å²) < 4.78 is 0. The van der Waals surface area contributed by atoms with Crippen molar-refractivity contribution in [2.75, 3.05) is 19.7 Å². The minimum absolute atomic E-state index is 0.170. The Morgan fingerprint density at radius 2 is 2.10 bits per heavy atom. The number of halogens is 1. The molecule has 0 bridgehead atoms. The van der Waals surface area contributed by atoms with E-state index in [0.29, 0.717) is 30.6 Å². The maximum atomic E-state index is 12.3. The second-order valence-corrected chi connectivity index (χ2v) is 9.41. The number of hydroxylamine groups is 1. The summed E-state index contributed by atoms with van der Waals surface area (Å²) in [5.74, 6) is 0.877. The summed E-state index contributed by atoms with van der Waals surface area (Å²) in [4.78, 5) is 19.4. The highest BCUT2D eigenvalue weighted by atomic mass is 35.5. The van der Waals surface area contributed by atoms with Gasteiger partial charge in [0.25, 0.3) is 0 Å². The third-order valence-corrected chi connectivity index (χ3v) is 6.77. The van der Waals surface area contributed by atoms with Crippen LogP contribution < -0.4 is 5.48 Å². The quantitative estimate of drug-likeness (QED) is 0.615. The third kappa shape index (κ3) is 4.37.